The van der Waals surface area contributed by atoms with Crippen LogP contribution in [0.1, 0.15) is 16.1 Å². The summed E-state index contributed by atoms with van der Waals surface area (Å²) >= 11 is 1.52. The molecule has 0 unspecified atom stereocenters. The van der Waals surface area contributed by atoms with Gasteiger partial charge < -0.3 is 10.3 Å². The highest BCUT2D eigenvalue weighted by atomic mass is 32.1. The van der Waals surface area contributed by atoms with Crippen LogP contribution in [0.5, 0.6) is 0 Å². The maximum atomic E-state index is 12.8. The number of H-pyrrole nitrogens is 1. The number of carbonyl (C=O) groups excluding carboxylic acids is 1. The van der Waals surface area contributed by atoms with Crippen LogP contribution in [0, 0.1) is 0 Å². The van der Waals surface area contributed by atoms with Crippen LogP contribution in [-0.4, -0.2) is 24.8 Å². The van der Waals surface area contributed by atoms with Crippen molar-refractivity contribution in [3.8, 4) is 5.69 Å². The van der Waals surface area contributed by atoms with Crippen LogP contribution < -0.4 is 16.6 Å². The van der Waals surface area contributed by atoms with Crippen molar-refractivity contribution >= 4 is 33.1 Å². The molecule has 2 aromatic carbocycles. The number of thiazole rings is 1. The Bertz CT molecular complexity index is 1480. The molecule has 0 aliphatic carbocycles. The SMILES string of the molecule is O=C(NCc1cn2ccsc2n1)c1ccc2c(=O)n(-c3ccccc3)c(=O)[nH]c2c1. The van der Waals surface area contributed by atoms with Gasteiger partial charge in [0.2, 0.25) is 0 Å². The van der Waals surface area contributed by atoms with E-state index in [1.165, 1.54) is 17.4 Å². The second-order valence-corrected chi connectivity index (χ2v) is 7.55. The van der Waals surface area contributed by atoms with Crippen LogP contribution in [0.4, 0.5) is 0 Å². The molecule has 8 nitrogen and oxygen atoms in total. The first-order valence-corrected chi connectivity index (χ1v) is 10.0. The fourth-order valence-corrected chi connectivity index (χ4v) is 4.02. The topological polar surface area (TPSA) is 101 Å². The van der Waals surface area contributed by atoms with Gasteiger partial charge in [-0.15, -0.1) is 11.3 Å². The smallest absolute Gasteiger partial charge is 0.333 e. The molecular formula is C21H15N5O3S. The molecule has 30 heavy (non-hydrogen) atoms. The van der Waals surface area contributed by atoms with Gasteiger partial charge in [0.05, 0.1) is 28.8 Å². The number of amides is 1. The maximum absolute atomic E-state index is 12.8. The van der Waals surface area contributed by atoms with E-state index in [1.54, 1.807) is 36.4 Å². The number of aromatic amines is 1. The second kappa shape index (κ2) is 7.12. The first kappa shape index (κ1) is 18.1. The van der Waals surface area contributed by atoms with Crippen molar-refractivity contribution in [3.63, 3.8) is 0 Å². The minimum atomic E-state index is -0.561. The highest BCUT2D eigenvalue weighted by molar-refractivity contribution is 7.15. The van der Waals surface area contributed by atoms with Crippen molar-refractivity contribution in [1.82, 2.24) is 24.3 Å². The van der Waals surface area contributed by atoms with E-state index >= 15 is 0 Å². The Kier molecular flexibility index (Phi) is 4.29. The lowest BCUT2D eigenvalue weighted by molar-refractivity contribution is 0.0950. The van der Waals surface area contributed by atoms with Gasteiger partial charge in [0, 0.05) is 23.3 Å². The van der Waals surface area contributed by atoms with Gasteiger partial charge in [-0.05, 0) is 30.3 Å². The molecule has 5 aromatic rings. The number of nitrogens with one attached hydrogen (secondary N) is 2. The number of imidazole rings is 1. The molecule has 0 bridgehead atoms. The molecule has 148 valence electrons. The second-order valence-electron chi connectivity index (χ2n) is 6.67. The predicted molar refractivity (Wildman–Crippen MR) is 114 cm³/mol. The lowest BCUT2D eigenvalue weighted by Crippen LogP contribution is -2.33. The average Bonchev–Trinajstić information content (AvgIpc) is 3.34. The quantitative estimate of drug-likeness (QED) is 0.469. The minimum Gasteiger partial charge on any atom is -0.346 e. The Morgan fingerprint density at radius 3 is 2.77 bits per heavy atom. The van der Waals surface area contributed by atoms with Gasteiger partial charge in [-0.3, -0.25) is 14.0 Å². The molecule has 5 rings (SSSR count). The van der Waals surface area contributed by atoms with Crippen LogP contribution in [0.25, 0.3) is 21.6 Å². The van der Waals surface area contributed by atoms with Crippen molar-refractivity contribution in [2.75, 3.05) is 0 Å². The molecule has 0 fully saturated rings. The monoisotopic (exact) mass is 417 g/mol. The van der Waals surface area contributed by atoms with Gasteiger partial charge in [0.15, 0.2) is 4.96 Å². The van der Waals surface area contributed by atoms with Gasteiger partial charge in [-0.25, -0.2) is 14.3 Å². The van der Waals surface area contributed by atoms with E-state index in [-0.39, 0.29) is 12.5 Å². The fourth-order valence-electron chi connectivity index (χ4n) is 3.30. The van der Waals surface area contributed by atoms with Crippen molar-refractivity contribution < 1.29 is 4.79 Å². The molecule has 0 aliphatic heterocycles. The third kappa shape index (κ3) is 3.11. The summed E-state index contributed by atoms with van der Waals surface area (Å²) in [5, 5.41) is 5.07. The lowest BCUT2D eigenvalue weighted by Gasteiger charge is -2.08. The molecule has 3 aromatic heterocycles. The van der Waals surface area contributed by atoms with Crippen molar-refractivity contribution in [2.24, 2.45) is 0 Å². The highest BCUT2D eigenvalue weighted by Crippen LogP contribution is 2.13. The Morgan fingerprint density at radius 1 is 1.13 bits per heavy atom. The van der Waals surface area contributed by atoms with Gasteiger partial charge >= 0.3 is 5.69 Å². The van der Waals surface area contributed by atoms with E-state index in [0.29, 0.717) is 22.2 Å². The van der Waals surface area contributed by atoms with E-state index in [9.17, 15) is 14.4 Å². The summed E-state index contributed by atoms with van der Waals surface area (Å²) in [6.45, 7) is 0.275. The summed E-state index contributed by atoms with van der Waals surface area (Å²) in [5.41, 5.74) is 0.880. The largest absolute Gasteiger partial charge is 0.346 e. The lowest BCUT2D eigenvalue weighted by atomic mass is 10.1. The summed E-state index contributed by atoms with van der Waals surface area (Å²) in [7, 11) is 0. The fraction of sp³-hybridized carbons (Fsp3) is 0.0476. The molecule has 0 saturated heterocycles. The molecule has 0 aliphatic rings. The van der Waals surface area contributed by atoms with Crippen molar-refractivity contribution in [1.29, 1.82) is 0 Å². The molecule has 0 saturated carbocycles. The molecule has 0 radical (unpaired) electrons. The number of benzene rings is 2. The molecule has 1 amide bonds. The van der Waals surface area contributed by atoms with Gasteiger partial charge in [0.1, 0.15) is 0 Å². The maximum Gasteiger partial charge on any atom is 0.333 e. The zero-order valence-electron chi connectivity index (χ0n) is 15.5. The summed E-state index contributed by atoms with van der Waals surface area (Å²) in [6.07, 6.45) is 3.76. The van der Waals surface area contributed by atoms with Crippen LogP contribution in [-0.2, 0) is 6.54 Å². The van der Waals surface area contributed by atoms with E-state index in [4.69, 9.17) is 0 Å². The Balaban J connectivity index is 1.44. The van der Waals surface area contributed by atoms with Crippen molar-refractivity contribution in [3.05, 3.63) is 98.4 Å². The molecule has 9 heteroatoms. The third-order valence-corrected chi connectivity index (χ3v) is 5.52. The van der Waals surface area contributed by atoms with Crippen LogP contribution in [0.3, 0.4) is 0 Å². The van der Waals surface area contributed by atoms with E-state index in [1.807, 2.05) is 28.2 Å². The van der Waals surface area contributed by atoms with Crippen molar-refractivity contribution in [2.45, 2.75) is 6.54 Å². The molecule has 0 spiro atoms. The number of nitrogens with zero attached hydrogens (tertiary/aromatic N) is 3. The Labute approximate surface area is 173 Å². The Morgan fingerprint density at radius 2 is 1.97 bits per heavy atom. The molecule has 0 atom stereocenters. The number of aromatic nitrogens is 4. The minimum absolute atomic E-state index is 0.275. The number of rotatable bonds is 4. The Hall–Kier alpha value is -3.98. The van der Waals surface area contributed by atoms with Crippen LogP contribution in [0.15, 0.2) is 75.9 Å². The number of hydrogen-bond donors (Lipinski definition) is 2. The zero-order valence-corrected chi connectivity index (χ0v) is 16.3. The summed E-state index contributed by atoms with van der Waals surface area (Å²) in [5.74, 6) is -0.318. The zero-order chi connectivity index (χ0) is 20.7. The molecule has 3 heterocycles. The summed E-state index contributed by atoms with van der Waals surface area (Å²) in [4.78, 5) is 45.9. The van der Waals surface area contributed by atoms with E-state index < -0.39 is 11.2 Å². The van der Waals surface area contributed by atoms with Gasteiger partial charge in [0.25, 0.3) is 11.5 Å². The third-order valence-electron chi connectivity index (χ3n) is 4.75. The number of fused-ring (bicyclic) bond motifs is 2. The summed E-state index contributed by atoms with van der Waals surface area (Å²) < 4.78 is 2.97. The first-order chi connectivity index (χ1) is 14.6. The van der Waals surface area contributed by atoms with Crippen LogP contribution >= 0.6 is 11.3 Å². The van der Waals surface area contributed by atoms with Crippen LogP contribution in [0.2, 0.25) is 0 Å². The standard InChI is InChI=1S/C21H15N5O3S/c27-18(22-11-14-12-25-8-9-30-21(25)23-14)13-6-7-16-17(10-13)24-20(29)26(19(16)28)15-4-2-1-3-5-15/h1-10,12H,11H2,(H,22,27)(H,24,29). The van der Waals surface area contributed by atoms with E-state index in [0.717, 1.165) is 15.2 Å². The highest BCUT2D eigenvalue weighted by Gasteiger charge is 2.13. The van der Waals surface area contributed by atoms with Gasteiger partial charge in [-0.1, -0.05) is 18.2 Å². The number of carbonyl (C=O) groups is 1. The first-order valence-electron chi connectivity index (χ1n) is 9.14. The predicted octanol–water partition coefficient (Wildman–Crippen LogP) is 2.32. The summed E-state index contributed by atoms with van der Waals surface area (Å²) in [6, 6.07) is 13.3. The number of hydrogen-bond acceptors (Lipinski definition) is 5. The normalized spacial score (nSPS) is 11.2. The molecule has 2 N–H and O–H groups in total. The average molecular weight is 417 g/mol. The van der Waals surface area contributed by atoms with Gasteiger partial charge in [-0.2, -0.15) is 0 Å². The number of para-hydroxylation sites is 1. The van der Waals surface area contributed by atoms with E-state index in [2.05, 4.69) is 15.3 Å². The molecular weight excluding hydrogens is 402 g/mol.